The van der Waals surface area contributed by atoms with Crippen molar-refractivity contribution in [3.63, 3.8) is 0 Å². The molecule has 1 aromatic heterocycles. The summed E-state index contributed by atoms with van der Waals surface area (Å²) in [6.07, 6.45) is 0.797. The van der Waals surface area contributed by atoms with Crippen LogP contribution < -0.4 is 11.1 Å². The molecular formula is C15H16FN3S. The van der Waals surface area contributed by atoms with Gasteiger partial charge in [-0.1, -0.05) is 24.4 Å². The van der Waals surface area contributed by atoms with Crippen LogP contribution in [0, 0.1) is 12.7 Å². The number of benzene rings is 1. The van der Waals surface area contributed by atoms with E-state index in [0.717, 1.165) is 23.4 Å². The summed E-state index contributed by atoms with van der Waals surface area (Å²) in [6.45, 7) is 2.62. The molecule has 0 atom stereocenters. The number of hydrogen-bond acceptors (Lipinski definition) is 3. The number of aryl methyl sites for hydroxylation is 1. The number of rotatable bonds is 5. The van der Waals surface area contributed by atoms with Gasteiger partial charge in [0.25, 0.3) is 0 Å². The minimum absolute atomic E-state index is 0.204. The predicted molar refractivity (Wildman–Crippen MR) is 83.5 cm³/mol. The lowest BCUT2D eigenvalue weighted by Crippen LogP contribution is -2.13. The van der Waals surface area contributed by atoms with Crippen LogP contribution in [0.15, 0.2) is 36.4 Å². The first-order valence-electron chi connectivity index (χ1n) is 6.32. The minimum atomic E-state index is -0.204. The lowest BCUT2D eigenvalue weighted by molar-refractivity contribution is 0.625. The molecule has 2 rings (SSSR count). The lowest BCUT2D eigenvalue weighted by Gasteiger charge is -2.09. The van der Waals surface area contributed by atoms with Crippen LogP contribution >= 0.6 is 12.2 Å². The maximum atomic E-state index is 13.0. The Morgan fingerprint density at radius 2 is 2.15 bits per heavy atom. The van der Waals surface area contributed by atoms with Crippen molar-refractivity contribution < 1.29 is 4.39 Å². The van der Waals surface area contributed by atoms with Gasteiger partial charge in [0.05, 0.1) is 5.69 Å². The van der Waals surface area contributed by atoms with Crippen molar-refractivity contribution >= 4 is 23.0 Å². The van der Waals surface area contributed by atoms with Gasteiger partial charge >= 0.3 is 0 Å². The minimum Gasteiger partial charge on any atom is -0.388 e. The maximum Gasteiger partial charge on any atom is 0.126 e. The molecular weight excluding hydrogens is 273 g/mol. The molecule has 0 aliphatic heterocycles. The van der Waals surface area contributed by atoms with Gasteiger partial charge in [0.15, 0.2) is 0 Å². The van der Waals surface area contributed by atoms with Gasteiger partial charge in [-0.3, -0.25) is 0 Å². The average Bonchev–Trinajstić information content (AvgIpc) is 2.41. The summed E-state index contributed by atoms with van der Waals surface area (Å²) >= 11 is 4.89. The molecule has 1 heterocycles. The van der Waals surface area contributed by atoms with E-state index in [0.29, 0.717) is 12.2 Å². The first-order valence-corrected chi connectivity index (χ1v) is 6.73. The zero-order valence-electron chi connectivity index (χ0n) is 11.2. The number of nitrogens with two attached hydrogens (primary N) is 1. The molecule has 0 aliphatic rings. The second kappa shape index (κ2) is 6.43. The molecule has 0 unspecified atom stereocenters. The van der Waals surface area contributed by atoms with Crippen LogP contribution in [0.1, 0.15) is 16.8 Å². The first kappa shape index (κ1) is 14.4. The zero-order valence-corrected chi connectivity index (χ0v) is 12.0. The van der Waals surface area contributed by atoms with E-state index in [4.69, 9.17) is 18.0 Å². The van der Waals surface area contributed by atoms with Crippen molar-refractivity contribution in [2.45, 2.75) is 13.3 Å². The Morgan fingerprint density at radius 3 is 2.85 bits per heavy atom. The van der Waals surface area contributed by atoms with Crippen LogP contribution in [0.25, 0.3) is 0 Å². The molecule has 0 saturated heterocycles. The summed E-state index contributed by atoms with van der Waals surface area (Å²) in [7, 11) is 0. The third-order valence-electron chi connectivity index (χ3n) is 3.01. The van der Waals surface area contributed by atoms with Gasteiger partial charge in [0.2, 0.25) is 0 Å². The van der Waals surface area contributed by atoms with Crippen molar-refractivity contribution in [1.82, 2.24) is 4.98 Å². The van der Waals surface area contributed by atoms with Crippen LogP contribution in [-0.4, -0.2) is 16.5 Å². The molecule has 3 nitrogen and oxygen atoms in total. The van der Waals surface area contributed by atoms with Gasteiger partial charge < -0.3 is 11.1 Å². The summed E-state index contributed by atoms with van der Waals surface area (Å²) in [6, 6.07) is 10.3. The lowest BCUT2D eigenvalue weighted by atomic mass is 10.1. The normalized spacial score (nSPS) is 10.3. The second-order valence-electron chi connectivity index (χ2n) is 4.52. The standard InChI is InChI=1S/C15H16FN3S/c1-10-9-12(16)6-5-11(10)7-8-18-14-4-2-3-13(19-14)15(17)20/h2-6,9H,7-8H2,1H3,(H2,17,20)(H,18,19). The van der Waals surface area contributed by atoms with E-state index < -0.39 is 0 Å². The topological polar surface area (TPSA) is 50.9 Å². The highest BCUT2D eigenvalue weighted by atomic mass is 32.1. The number of anilines is 1. The van der Waals surface area contributed by atoms with E-state index in [9.17, 15) is 4.39 Å². The van der Waals surface area contributed by atoms with Crippen LogP contribution in [0.4, 0.5) is 10.2 Å². The highest BCUT2D eigenvalue weighted by Crippen LogP contribution is 2.11. The van der Waals surface area contributed by atoms with Crippen molar-refractivity contribution in [3.05, 3.63) is 59.0 Å². The van der Waals surface area contributed by atoms with Gasteiger partial charge in [-0.15, -0.1) is 0 Å². The van der Waals surface area contributed by atoms with E-state index in [2.05, 4.69) is 10.3 Å². The van der Waals surface area contributed by atoms with Crippen LogP contribution in [0.2, 0.25) is 0 Å². The van der Waals surface area contributed by atoms with Gasteiger partial charge in [-0.05, 0) is 48.7 Å². The van der Waals surface area contributed by atoms with Gasteiger partial charge in [-0.25, -0.2) is 9.37 Å². The SMILES string of the molecule is Cc1cc(F)ccc1CCNc1cccc(C(N)=S)n1. The molecule has 20 heavy (non-hydrogen) atoms. The Labute approximate surface area is 123 Å². The molecule has 3 N–H and O–H groups in total. The summed E-state index contributed by atoms with van der Waals surface area (Å²) in [5, 5.41) is 3.21. The third kappa shape index (κ3) is 3.74. The van der Waals surface area contributed by atoms with Crippen molar-refractivity contribution in [2.75, 3.05) is 11.9 Å². The largest absolute Gasteiger partial charge is 0.388 e. The van der Waals surface area contributed by atoms with E-state index in [-0.39, 0.29) is 10.8 Å². The fourth-order valence-electron chi connectivity index (χ4n) is 1.94. The summed E-state index contributed by atoms with van der Waals surface area (Å²) < 4.78 is 13.0. The average molecular weight is 289 g/mol. The molecule has 2 aromatic rings. The quantitative estimate of drug-likeness (QED) is 0.831. The highest BCUT2D eigenvalue weighted by molar-refractivity contribution is 7.80. The Hall–Kier alpha value is -2.01. The van der Waals surface area contributed by atoms with E-state index in [1.807, 2.05) is 25.1 Å². The molecule has 0 radical (unpaired) electrons. The number of nitrogens with zero attached hydrogens (tertiary/aromatic N) is 1. The molecule has 5 heteroatoms. The fourth-order valence-corrected chi connectivity index (χ4v) is 2.05. The monoisotopic (exact) mass is 289 g/mol. The first-order chi connectivity index (χ1) is 9.56. The van der Waals surface area contributed by atoms with Crippen LogP contribution in [0.5, 0.6) is 0 Å². The van der Waals surface area contributed by atoms with Crippen molar-refractivity contribution in [1.29, 1.82) is 0 Å². The fraction of sp³-hybridized carbons (Fsp3) is 0.200. The molecule has 0 spiro atoms. The highest BCUT2D eigenvalue weighted by Gasteiger charge is 2.02. The van der Waals surface area contributed by atoms with E-state index in [1.54, 1.807) is 12.1 Å². The Bertz CT molecular complexity index is 628. The second-order valence-corrected chi connectivity index (χ2v) is 4.96. The molecule has 0 saturated carbocycles. The molecule has 104 valence electrons. The Kier molecular flexibility index (Phi) is 4.63. The Morgan fingerprint density at radius 1 is 1.35 bits per heavy atom. The van der Waals surface area contributed by atoms with Crippen molar-refractivity contribution in [3.8, 4) is 0 Å². The number of aromatic nitrogens is 1. The summed E-state index contributed by atoms with van der Waals surface area (Å²) in [4.78, 5) is 4.58. The number of halogens is 1. The van der Waals surface area contributed by atoms with Gasteiger partial charge in [0, 0.05) is 6.54 Å². The summed E-state index contributed by atoms with van der Waals surface area (Å²) in [5.74, 6) is 0.528. The molecule has 0 aliphatic carbocycles. The van der Waals surface area contributed by atoms with Gasteiger partial charge in [-0.2, -0.15) is 0 Å². The molecule has 0 fully saturated rings. The third-order valence-corrected chi connectivity index (χ3v) is 3.22. The zero-order chi connectivity index (χ0) is 14.5. The number of nitrogens with one attached hydrogen (secondary N) is 1. The van der Waals surface area contributed by atoms with Gasteiger partial charge in [0.1, 0.15) is 16.6 Å². The van der Waals surface area contributed by atoms with Crippen LogP contribution in [-0.2, 0) is 6.42 Å². The molecule has 0 bridgehead atoms. The molecule has 1 aromatic carbocycles. The number of hydrogen-bond donors (Lipinski definition) is 2. The predicted octanol–water partition coefficient (Wildman–Crippen LogP) is 2.82. The van der Waals surface area contributed by atoms with E-state index >= 15 is 0 Å². The van der Waals surface area contributed by atoms with E-state index in [1.165, 1.54) is 6.07 Å². The smallest absolute Gasteiger partial charge is 0.126 e. The summed E-state index contributed by atoms with van der Waals surface area (Å²) in [5.41, 5.74) is 8.21. The van der Waals surface area contributed by atoms with Crippen LogP contribution in [0.3, 0.4) is 0 Å². The maximum absolute atomic E-state index is 13.0. The number of pyridine rings is 1. The Balaban J connectivity index is 1.96. The molecule has 0 amide bonds. The number of thiocarbonyl (C=S) groups is 1. The van der Waals surface area contributed by atoms with Crippen molar-refractivity contribution in [2.24, 2.45) is 5.73 Å².